The lowest BCUT2D eigenvalue weighted by molar-refractivity contribution is -0.121. The molecule has 154 valence electrons. The van der Waals surface area contributed by atoms with Gasteiger partial charge in [-0.2, -0.15) is 4.31 Å². The molecule has 10 heteroatoms. The van der Waals surface area contributed by atoms with Crippen LogP contribution < -0.4 is 10.6 Å². The molecular formula is C19H20BrN3O4S2. The van der Waals surface area contributed by atoms with Crippen LogP contribution in [0.15, 0.2) is 38.3 Å². The molecule has 4 rings (SSSR count). The number of nitrogens with zero attached hydrogens (tertiary/aromatic N) is 1. The van der Waals surface area contributed by atoms with Crippen molar-refractivity contribution < 1.29 is 18.0 Å². The van der Waals surface area contributed by atoms with E-state index in [1.54, 1.807) is 24.3 Å². The summed E-state index contributed by atoms with van der Waals surface area (Å²) < 4.78 is 28.2. The van der Waals surface area contributed by atoms with E-state index in [0.717, 1.165) is 15.0 Å². The molecule has 1 saturated heterocycles. The molecule has 1 fully saturated rings. The van der Waals surface area contributed by atoms with Crippen LogP contribution in [-0.4, -0.2) is 37.6 Å². The monoisotopic (exact) mass is 497 g/mol. The predicted octanol–water partition coefficient (Wildman–Crippen LogP) is 3.43. The minimum Gasteiger partial charge on any atom is -0.326 e. The van der Waals surface area contributed by atoms with Gasteiger partial charge in [0, 0.05) is 30.9 Å². The summed E-state index contributed by atoms with van der Waals surface area (Å²) in [7, 11) is -3.60. The Hall–Kier alpha value is -1.75. The number of carbonyl (C=O) groups excluding carboxylic acids is 2. The van der Waals surface area contributed by atoms with Gasteiger partial charge in [0.05, 0.1) is 9.70 Å². The maximum absolute atomic E-state index is 12.9. The summed E-state index contributed by atoms with van der Waals surface area (Å²) in [5.41, 5.74) is 2.42. The molecule has 1 aromatic heterocycles. The number of halogens is 1. The second-order valence-corrected chi connectivity index (χ2v) is 11.8. The first-order valence-electron chi connectivity index (χ1n) is 9.32. The highest BCUT2D eigenvalue weighted by Gasteiger charge is 2.34. The van der Waals surface area contributed by atoms with Gasteiger partial charge in [-0.25, -0.2) is 8.42 Å². The van der Waals surface area contributed by atoms with Crippen molar-refractivity contribution >= 4 is 60.5 Å². The smallest absolute Gasteiger partial charge is 0.252 e. The van der Waals surface area contributed by atoms with Gasteiger partial charge in [-0.05, 0) is 71.1 Å². The van der Waals surface area contributed by atoms with Crippen LogP contribution in [0.4, 0.5) is 11.4 Å². The van der Waals surface area contributed by atoms with Gasteiger partial charge in [-0.1, -0.05) is 0 Å². The predicted molar refractivity (Wildman–Crippen MR) is 116 cm³/mol. The number of piperidine rings is 1. The van der Waals surface area contributed by atoms with Crippen molar-refractivity contribution in [3.05, 3.63) is 39.7 Å². The van der Waals surface area contributed by atoms with Crippen molar-refractivity contribution in [1.82, 2.24) is 4.31 Å². The van der Waals surface area contributed by atoms with E-state index in [2.05, 4.69) is 26.6 Å². The Morgan fingerprint density at radius 2 is 2.07 bits per heavy atom. The Labute approximate surface area is 181 Å². The number of benzene rings is 1. The first-order chi connectivity index (χ1) is 13.8. The zero-order chi connectivity index (χ0) is 20.6. The average molecular weight is 498 g/mol. The van der Waals surface area contributed by atoms with Gasteiger partial charge in [0.25, 0.3) is 10.0 Å². The van der Waals surface area contributed by atoms with Crippen LogP contribution in [0, 0.1) is 5.92 Å². The van der Waals surface area contributed by atoms with E-state index in [-0.39, 0.29) is 22.6 Å². The van der Waals surface area contributed by atoms with Crippen molar-refractivity contribution in [1.29, 1.82) is 0 Å². The number of rotatable bonds is 4. The van der Waals surface area contributed by atoms with Crippen LogP contribution in [0.1, 0.15) is 24.8 Å². The third-order valence-corrected chi connectivity index (χ3v) is 9.12. The standard InChI is InChI=1S/C19H20BrN3O4S2/c20-16-6-8-18(28-16)29(26,27)23-9-1-2-13(11-23)19(25)21-14-4-5-15-12(10-14)3-7-17(24)22-15/h4-6,8,10,13H,1-3,7,9,11H2,(H,21,25)(H,22,24). The molecule has 2 aliphatic heterocycles. The second-order valence-electron chi connectivity index (χ2n) is 7.17. The van der Waals surface area contributed by atoms with E-state index in [1.807, 2.05) is 6.07 Å². The molecule has 0 bridgehead atoms. The number of hydrogen-bond donors (Lipinski definition) is 2. The molecule has 1 atom stereocenters. The van der Waals surface area contributed by atoms with E-state index in [1.165, 1.54) is 15.6 Å². The molecule has 2 aliphatic rings. The molecule has 0 aliphatic carbocycles. The van der Waals surface area contributed by atoms with Crippen molar-refractivity contribution in [3.63, 3.8) is 0 Å². The first-order valence-corrected chi connectivity index (χ1v) is 12.4. The summed E-state index contributed by atoms with van der Waals surface area (Å²) in [4.78, 5) is 24.3. The first kappa shape index (κ1) is 20.5. The molecular weight excluding hydrogens is 478 g/mol. The topological polar surface area (TPSA) is 95.6 Å². The molecule has 7 nitrogen and oxygen atoms in total. The number of hydrogen-bond acceptors (Lipinski definition) is 5. The Balaban J connectivity index is 1.45. The summed E-state index contributed by atoms with van der Waals surface area (Å²) in [6.45, 7) is 0.588. The number of fused-ring (bicyclic) bond motifs is 1. The summed E-state index contributed by atoms with van der Waals surface area (Å²) in [6, 6.07) is 8.70. The normalized spacial score (nSPS) is 20.0. The van der Waals surface area contributed by atoms with Crippen molar-refractivity contribution in [2.45, 2.75) is 29.9 Å². The fourth-order valence-electron chi connectivity index (χ4n) is 3.64. The van der Waals surface area contributed by atoms with Crippen LogP contribution >= 0.6 is 27.3 Å². The molecule has 3 heterocycles. The molecule has 2 aromatic rings. The molecule has 0 saturated carbocycles. The van der Waals surface area contributed by atoms with Gasteiger partial charge < -0.3 is 10.6 Å². The maximum Gasteiger partial charge on any atom is 0.252 e. The molecule has 0 radical (unpaired) electrons. The third-order valence-electron chi connectivity index (χ3n) is 5.17. The van der Waals surface area contributed by atoms with Crippen LogP contribution in [0.2, 0.25) is 0 Å². The van der Waals surface area contributed by atoms with E-state index < -0.39 is 15.9 Å². The lowest BCUT2D eigenvalue weighted by atomic mass is 9.98. The zero-order valence-electron chi connectivity index (χ0n) is 15.5. The highest BCUT2D eigenvalue weighted by atomic mass is 79.9. The van der Waals surface area contributed by atoms with Crippen LogP contribution in [0.25, 0.3) is 0 Å². The lowest BCUT2D eigenvalue weighted by Gasteiger charge is -2.30. The van der Waals surface area contributed by atoms with E-state index in [0.29, 0.717) is 37.9 Å². The van der Waals surface area contributed by atoms with Gasteiger partial charge in [0.1, 0.15) is 4.21 Å². The summed E-state index contributed by atoms with van der Waals surface area (Å²) in [6.07, 6.45) is 2.35. The average Bonchev–Trinajstić information content (AvgIpc) is 3.15. The molecule has 1 aromatic carbocycles. The zero-order valence-corrected chi connectivity index (χ0v) is 18.7. The fourth-order valence-corrected chi connectivity index (χ4v) is 7.33. The molecule has 29 heavy (non-hydrogen) atoms. The Morgan fingerprint density at radius 1 is 1.24 bits per heavy atom. The van der Waals surface area contributed by atoms with E-state index in [4.69, 9.17) is 0 Å². The lowest BCUT2D eigenvalue weighted by Crippen LogP contribution is -2.43. The third kappa shape index (κ3) is 4.40. The SMILES string of the molecule is O=C1CCc2cc(NC(=O)C3CCCN(S(=O)(=O)c4ccc(Br)s4)C3)ccc2N1. The highest BCUT2D eigenvalue weighted by molar-refractivity contribution is 9.11. The van der Waals surface area contributed by atoms with Crippen LogP contribution in [-0.2, 0) is 26.0 Å². The van der Waals surface area contributed by atoms with E-state index in [9.17, 15) is 18.0 Å². The largest absolute Gasteiger partial charge is 0.326 e. The van der Waals surface area contributed by atoms with Crippen molar-refractivity contribution in [2.75, 3.05) is 23.7 Å². The van der Waals surface area contributed by atoms with Crippen LogP contribution in [0.3, 0.4) is 0 Å². The number of amides is 2. The quantitative estimate of drug-likeness (QED) is 0.675. The number of aryl methyl sites for hydroxylation is 1. The van der Waals surface area contributed by atoms with Gasteiger partial charge >= 0.3 is 0 Å². The Kier molecular flexibility index (Phi) is 5.78. The second kappa shape index (κ2) is 8.17. The molecule has 2 N–H and O–H groups in total. The molecule has 2 amide bonds. The molecule has 1 unspecified atom stereocenters. The van der Waals surface area contributed by atoms with Crippen molar-refractivity contribution in [3.8, 4) is 0 Å². The summed E-state index contributed by atoms with van der Waals surface area (Å²) >= 11 is 4.47. The van der Waals surface area contributed by atoms with Gasteiger partial charge in [-0.3, -0.25) is 9.59 Å². The van der Waals surface area contributed by atoms with E-state index >= 15 is 0 Å². The van der Waals surface area contributed by atoms with Crippen molar-refractivity contribution in [2.24, 2.45) is 5.92 Å². The Morgan fingerprint density at radius 3 is 2.83 bits per heavy atom. The fraction of sp³-hybridized carbons (Fsp3) is 0.368. The number of sulfonamides is 1. The number of thiophene rings is 1. The minimum absolute atomic E-state index is 0.00411. The summed E-state index contributed by atoms with van der Waals surface area (Å²) in [5.74, 6) is -0.592. The highest BCUT2D eigenvalue weighted by Crippen LogP contribution is 2.31. The number of anilines is 2. The minimum atomic E-state index is -3.60. The van der Waals surface area contributed by atoms with Gasteiger partial charge in [0.15, 0.2) is 0 Å². The molecule has 0 spiro atoms. The van der Waals surface area contributed by atoms with Crippen LogP contribution in [0.5, 0.6) is 0 Å². The van der Waals surface area contributed by atoms with Gasteiger partial charge in [-0.15, -0.1) is 11.3 Å². The van der Waals surface area contributed by atoms with Gasteiger partial charge in [0.2, 0.25) is 11.8 Å². The number of nitrogens with one attached hydrogen (secondary N) is 2. The maximum atomic E-state index is 12.9. The Bertz CT molecular complexity index is 1070. The summed E-state index contributed by atoms with van der Waals surface area (Å²) in [5, 5.41) is 5.73. The number of carbonyl (C=O) groups is 2.